The predicted octanol–water partition coefficient (Wildman–Crippen LogP) is 1.08. The quantitative estimate of drug-likeness (QED) is 0.866. The molecule has 2 heterocycles. The molecule has 2 rings (SSSR count). The molecule has 1 saturated heterocycles. The molecule has 1 amide bonds. The van der Waals surface area contributed by atoms with E-state index in [1.807, 2.05) is 24.1 Å². The number of carbonyl (C=O) groups is 1. The highest BCUT2D eigenvalue weighted by Gasteiger charge is 2.23. The van der Waals surface area contributed by atoms with E-state index in [4.69, 9.17) is 0 Å². The van der Waals surface area contributed by atoms with Crippen LogP contribution in [0, 0.1) is 5.92 Å². The van der Waals surface area contributed by atoms with Crippen molar-refractivity contribution in [3.05, 3.63) is 30.1 Å². The molecule has 4 nitrogen and oxygen atoms in total. The first-order valence-electron chi connectivity index (χ1n) is 6.62. The number of hydrogen-bond donors (Lipinski definition) is 1. The lowest BCUT2D eigenvalue weighted by atomic mass is 9.98. The SMILES string of the molecule is CN(CCc1ccncc1)C(=O)[C@H]1CCCNC1. The summed E-state index contributed by atoms with van der Waals surface area (Å²) in [6.45, 7) is 2.66. The number of nitrogens with zero attached hydrogens (tertiary/aromatic N) is 2. The maximum absolute atomic E-state index is 12.2. The van der Waals surface area contributed by atoms with Gasteiger partial charge in [0.05, 0.1) is 5.92 Å². The normalized spacial score (nSPS) is 19.5. The van der Waals surface area contributed by atoms with Crippen molar-refractivity contribution in [1.29, 1.82) is 0 Å². The summed E-state index contributed by atoms with van der Waals surface area (Å²) in [5, 5.41) is 3.29. The summed E-state index contributed by atoms with van der Waals surface area (Å²) in [7, 11) is 1.90. The van der Waals surface area contributed by atoms with Crippen LogP contribution in [0.1, 0.15) is 18.4 Å². The van der Waals surface area contributed by atoms with Crippen LogP contribution in [0.25, 0.3) is 0 Å². The van der Waals surface area contributed by atoms with E-state index in [-0.39, 0.29) is 11.8 Å². The molecular formula is C14H21N3O. The van der Waals surface area contributed by atoms with Crippen molar-refractivity contribution >= 4 is 5.91 Å². The molecule has 1 fully saturated rings. The standard InChI is InChI=1S/C14H21N3O/c1-17(10-6-12-4-8-15-9-5-12)14(18)13-3-2-7-16-11-13/h4-5,8-9,13,16H,2-3,6-7,10-11H2,1H3/t13-/m0/s1. The minimum Gasteiger partial charge on any atom is -0.345 e. The molecule has 18 heavy (non-hydrogen) atoms. The summed E-state index contributed by atoms with van der Waals surface area (Å²) in [4.78, 5) is 18.0. The lowest BCUT2D eigenvalue weighted by molar-refractivity contribution is -0.134. The van der Waals surface area contributed by atoms with Crippen molar-refractivity contribution in [1.82, 2.24) is 15.2 Å². The van der Waals surface area contributed by atoms with Gasteiger partial charge in [0.2, 0.25) is 5.91 Å². The molecule has 1 aromatic heterocycles. The summed E-state index contributed by atoms with van der Waals surface area (Å²) in [6, 6.07) is 4.00. The number of piperidine rings is 1. The molecule has 0 aromatic carbocycles. The third-order valence-corrected chi connectivity index (χ3v) is 3.51. The highest BCUT2D eigenvalue weighted by atomic mass is 16.2. The Morgan fingerprint density at radius 2 is 2.28 bits per heavy atom. The van der Waals surface area contributed by atoms with E-state index in [0.29, 0.717) is 0 Å². The summed E-state index contributed by atoms with van der Waals surface area (Å²) in [5.41, 5.74) is 1.23. The van der Waals surface area contributed by atoms with E-state index in [2.05, 4.69) is 10.3 Å². The minimum absolute atomic E-state index is 0.168. The Bertz CT molecular complexity index is 374. The second kappa shape index (κ2) is 6.50. The third kappa shape index (κ3) is 3.53. The van der Waals surface area contributed by atoms with Gasteiger partial charge in [-0.3, -0.25) is 9.78 Å². The number of pyridine rings is 1. The van der Waals surface area contributed by atoms with Gasteiger partial charge in [-0.25, -0.2) is 0 Å². The largest absolute Gasteiger partial charge is 0.345 e. The molecule has 0 radical (unpaired) electrons. The molecule has 1 aliphatic heterocycles. The van der Waals surface area contributed by atoms with Crippen molar-refractivity contribution in [2.75, 3.05) is 26.7 Å². The Morgan fingerprint density at radius 1 is 1.50 bits per heavy atom. The second-order valence-electron chi connectivity index (χ2n) is 4.91. The summed E-state index contributed by atoms with van der Waals surface area (Å²) in [6.07, 6.45) is 6.61. The van der Waals surface area contributed by atoms with Crippen molar-refractivity contribution in [2.45, 2.75) is 19.3 Å². The summed E-state index contributed by atoms with van der Waals surface area (Å²) < 4.78 is 0. The number of hydrogen-bond acceptors (Lipinski definition) is 3. The molecule has 1 aromatic rings. The van der Waals surface area contributed by atoms with Gasteiger partial charge in [0.1, 0.15) is 0 Å². The van der Waals surface area contributed by atoms with Crippen LogP contribution in [-0.2, 0) is 11.2 Å². The Hall–Kier alpha value is -1.42. The van der Waals surface area contributed by atoms with Crippen LogP contribution in [0.5, 0.6) is 0 Å². The average Bonchev–Trinajstić information content (AvgIpc) is 2.46. The van der Waals surface area contributed by atoms with Crippen molar-refractivity contribution in [3.8, 4) is 0 Å². The first-order valence-corrected chi connectivity index (χ1v) is 6.62. The maximum Gasteiger partial charge on any atom is 0.226 e. The molecule has 0 bridgehead atoms. The molecule has 98 valence electrons. The summed E-state index contributed by atoms with van der Waals surface area (Å²) >= 11 is 0. The van der Waals surface area contributed by atoms with Gasteiger partial charge < -0.3 is 10.2 Å². The lowest BCUT2D eigenvalue weighted by Gasteiger charge is -2.27. The van der Waals surface area contributed by atoms with Gasteiger partial charge >= 0.3 is 0 Å². The maximum atomic E-state index is 12.2. The van der Waals surface area contributed by atoms with Crippen LogP contribution >= 0.6 is 0 Å². The van der Waals surface area contributed by atoms with E-state index in [9.17, 15) is 4.79 Å². The number of likely N-dealkylation sites (N-methyl/N-ethyl adjacent to an activating group) is 1. The van der Waals surface area contributed by atoms with E-state index in [1.54, 1.807) is 12.4 Å². The Morgan fingerprint density at radius 3 is 2.94 bits per heavy atom. The van der Waals surface area contributed by atoms with Crippen LogP contribution in [0.3, 0.4) is 0 Å². The van der Waals surface area contributed by atoms with E-state index in [0.717, 1.165) is 38.9 Å². The molecule has 0 spiro atoms. The van der Waals surface area contributed by atoms with Crippen LogP contribution in [0.2, 0.25) is 0 Å². The highest BCUT2D eigenvalue weighted by Crippen LogP contribution is 2.13. The zero-order valence-electron chi connectivity index (χ0n) is 10.9. The van der Waals surface area contributed by atoms with Gasteiger partial charge in [-0.05, 0) is 43.5 Å². The van der Waals surface area contributed by atoms with Crippen molar-refractivity contribution in [2.24, 2.45) is 5.92 Å². The molecular weight excluding hydrogens is 226 g/mol. The number of carbonyl (C=O) groups excluding carboxylic acids is 1. The topological polar surface area (TPSA) is 45.2 Å². The van der Waals surface area contributed by atoms with Gasteiger partial charge in [0, 0.05) is 32.5 Å². The van der Waals surface area contributed by atoms with Crippen LogP contribution in [0.15, 0.2) is 24.5 Å². The monoisotopic (exact) mass is 247 g/mol. The number of nitrogens with one attached hydrogen (secondary N) is 1. The van der Waals surface area contributed by atoms with Crippen LogP contribution in [0.4, 0.5) is 0 Å². The molecule has 1 atom stereocenters. The fourth-order valence-corrected chi connectivity index (χ4v) is 2.33. The zero-order valence-corrected chi connectivity index (χ0v) is 10.9. The highest BCUT2D eigenvalue weighted by molar-refractivity contribution is 5.78. The number of rotatable bonds is 4. The zero-order chi connectivity index (χ0) is 12.8. The fourth-order valence-electron chi connectivity index (χ4n) is 2.33. The Balaban J connectivity index is 1.80. The van der Waals surface area contributed by atoms with E-state index < -0.39 is 0 Å². The molecule has 0 unspecified atom stereocenters. The van der Waals surface area contributed by atoms with Crippen molar-refractivity contribution < 1.29 is 4.79 Å². The minimum atomic E-state index is 0.168. The van der Waals surface area contributed by atoms with E-state index >= 15 is 0 Å². The molecule has 4 heteroatoms. The van der Waals surface area contributed by atoms with Crippen molar-refractivity contribution in [3.63, 3.8) is 0 Å². The smallest absolute Gasteiger partial charge is 0.226 e. The van der Waals surface area contributed by atoms with Gasteiger partial charge in [-0.2, -0.15) is 0 Å². The molecule has 0 aliphatic carbocycles. The first-order chi connectivity index (χ1) is 8.77. The Kier molecular flexibility index (Phi) is 4.70. The van der Waals surface area contributed by atoms with Crippen LogP contribution in [-0.4, -0.2) is 42.5 Å². The predicted molar refractivity (Wildman–Crippen MR) is 71.2 cm³/mol. The third-order valence-electron chi connectivity index (χ3n) is 3.51. The fraction of sp³-hybridized carbons (Fsp3) is 0.571. The summed E-state index contributed by atoms with van der Waals surface area (Å²) in [5.74, 6) is 0.442. The van der Waals surface area contributed by atoms with Gasteiger partial charge in [-0.1, -0.05) is 0 Å². The van der Waals surface area contributed by atoms with E-state index in [1.165, 1.54) is 5.56 Å². The van der Waals surface area contributed by atoms with Gasteiger partial charge in [0.25, 0.3) is 0 Å². The second-order valence-corrected chi connectivity index (χ2v) is 4.91. The average molecular weight is 247 g/mol. The number of amides is 1. The van der Waals surface area contributed by atoms with Crippen LogP contribution < -0.4 is 5.32 Å². The molecule has 1 aliphatic rings. The number of aromatic nitrogens is 1. The van der Waals surface area contributed by atoms with Gasteiger partial charge in [-0.15, -0.1) is 0 Å². The first kappa shape index (κ1) is 13.0. The molecule has 1 N–H and O–H groups in total. The Labute approximate surface area is 108 Å². The van der Waals surface area contributed by atoms with Gasteiger partial charge in [0.15, 0.2) is 0 Å². The molecule has 0 saturated carbocycles. The lowest BCUT2D eigenvalue weighted by Crippen LogP contribution is -2.42.